The minimum atomic E-state index is 0.607. The molecule has 12 heavy (non-hydrogen) atoms. The molecule has 62 valence electrons. The summed E-state index contributed by atoms with van der Waals surface area (Å²) in [6.07, 6.45) is 0. The van der Waals surface area contributed by atoms with Crippen LogP contribution in [0.25, 0.3) is 10.9 Å². The van der Waals surface area contributed by atoms with Crippen LogP contribution in [0, 0.1) is 6.92 Å². The van der Waals surface area contributed by atoms with Crippen LogP contribution < -0.4 is 5.73 Å². The Bertz CT molecular complexity index is 401. The zero-order chi connectivity index (χ0) is 8.55. The highest BCUT2D eigenvalue weighted by molar-refractivity contribution is 5.84. The predicted molar refractivity (Wildman–Crippen MR) is 50.9 cm³/mol. The number of aromatic nitrogens is 1. The van der Waals surface area contributed by atoms with Gasteiger partial charge in [-0.15, -0.1) is 0 Å². The average molecular weight is 160 g/mol. The summed E-state index contributed by atoms with van der Waals surface area (Å²) >= 11 is 0. The number of rotatable bonds is 1. The third-order valence-electron chi connectivity index (χ3n) is 2.23. The van der Waals surface area contributed by atoms with Crippen LogP contribution in [0.15, 0.2) is 24.3 Å². The Morgan fingerprint density at radius 2 is 2.08 bits per heavy atom. The molecule has 0 amide bonds. The fraction of sp³-hybridized carbons (Fsp3) is 0.200. The molecule has 1 heterocycles. The van der Waals surface area contributed by atoms with Crippen molar-refractivity contribution in [2.45, 2.75) is 13.5 Å². The molecule has 0 aliphatic heterocycles. The van der Waals surface area contributed by atoms with E-state index in [9.17, 15) is 0 Å². The summed E-state index contributed by atoms with van der Waals surface area (Å²) < 4.78 is 0. The second-order valence-corrected chi connectivity index (χ2v) is 2.98. The first-order chi connectivity index (χ1) is 5.83. The monoisotopic (exact) mass is 160 g/mol. The lowest BCUT2D eigenvalue weighted by molar-refractivity contribution is 1.05. The van der Waals surface area contributed by atoms with Crippen LogP contribution in [-0.4, -0.2) is 4.98 Å². The van der Waals surface area contributed by atoms with Crippen LogP contribution in [-0.2, 0) is 6.54 Å². The van der Waals surface area contributed by atoms with E-state index in [2.05, 4.69) is 24.0 Å². The molecule has 0 saturated carbocycles. The van der Waals surface area contributed by atoms with E-state index < -0.39 is 0 Å². The van der Waals surface area contributed by atoms with Crippen molar-refractivity contribution in [3.8, 4) is 0 Å². The van der Waals surface area contributed by atoms with E-state index in [1.807, 2.05) is 12.1 Å². The Hall–Kier alpha value is -1.28. The summed E-state index contributed by atoms with van der Waals surface area (Å²) in [5, 5.41) is 1.25. The third kappa shape index (κ3) is 0.924. The number of benzene rings is 1. The first kappa shape index (κ1) is 7.37. The van der Waals surface area contributed by atoms with Crippen molar-refractivity contribution in [2.24, 2.45) is 5.73 Å². The van der Waals surface area contributed by atoms with Gasteiger partial charge in [0.05, 0.1) is 0 Å². The molecule has 2 nitrogen and oxygen atoms in total. The van der Waals surface area contributed by atoms with Crippen molar-refractivity contribution in [3.63, 3.8) is 0 Å². The van der Waals surface area contributed by atoms with Crippen molar-refractivity contribution >= 4 is 10.9 Å². The van der Waals surface area contributed by atoms with Crippen LogP contribution >= 0.6 is 0 Å². The van der Waals surface area contributed by atoms with Gasteiger partial charge in [0, 0.05) is 23.1 Å². The second kappa shape index (κ2) is 2.64. The smallest absolute Gasteiger partial charge is 0.0459 e. The molecule has 1 aromatic heterocycles. The summed E-state index contributed by atoms with van der Waals surface area (Å²) in [6.45, 7) is 2.66. The van der Waals surface area contributed by atoms with Crippen LogP contribution in [0.4, 0.5) is 0 Å². The summed E-state index contributed by atoms with van der Waals surface area (Å²) in [4.78, 5) is 3.30. The van der Waals surface area contributed by atoms with Gasteiger partial charge in [-0.3, -0.25) is 0 Å². The average Bonchev–Trinajstić information content (AvgIpc) is 2.40. The lowest BCUT2D eigenvalue weighted by atomic mass is 10.1. The number of hydrogen-bond acceptors (Lipinski definition) is 1. The summed E-state index contributed by atoms with van der Waals surface area (Å²) in [7, 11) is 0. The number of para-hydroxylation sites is 1. The van der Waals surface area contributed by atoms with Crippen molar-refractivity contribution in [1.29, 1.82) is 0 Å². The molecule has 1 aromatic carbocycles. The molecule has 2 rings (SSSR count). The number of nitrogens with two attached hydrogens (primary N) is 1. The maximum atomic E-state index is 5.64. The standard InChI is InChI=1S/C10H12N2/c1-7-9(6-11)8-4-2-3-5-10(8)12-7/h2-5,12H,6,11H2,1H3. The van der Waals surface area contributed by atoms with Gasteiger partial charge in [-0.25, -0.2) is 0 Å². The Morgan fingerprint density at radius 1 is 1.33 bits per heavy atom. The minimum Gasteiger partial charge on any atom is -0.358 e. The van der Waals surface area contributed by atoms with Crippen molar-refractivity contribution < 1.29 is 0 Å². The first-order valence-corrected chi connectivity index (χ1v) is 4.09. The molecule has 0 aliphatic rings. The van der Waals surface area contributed by atoms with Gasteiger partial charge in [-0.2, -0.15) is 0 Å². The van der Waals surface area contributed by atoms with Gasteiger partial charge >= 0.3 is 0 Å². The molecule has 0 bridgehead atoms. The Balaban J connectivity index is 2.81. The molecule has 0 radical (unpaired) electrons. The highest BCUT2D eigenvalue weighted by atomic mass is 14.7. The predicted octanol–water partition coefficient (Wildman–Crippen LogP) is 1.94. The van der Waals surface area contributed by atoms with Gasteiger partial charge in [0.25, 0.3) is 0 Å². The van der Waals surface area contributed by atoms with Gasteiger partial charge in [0.2, 0.25) is 0 Å². The molecule has 0 aliphatic carbocycles. The van der Waals surface area contributed by atoms with E-state index >= 15 is 0 Å². The van der Waals surface area contributed by atoms with E-state index in [1.165, 1.54) is 22.2 Å². The number of aromatic amines is 1. The third-order valence-corrected chi connectivity index (χ3v) is 2.23. The summed E-state index contributed by atoms with van der Waals surface area (Å²) in [5.41, 5.74) is 9.22. The van der Waals surface area contributed by atoms with Crippen LogP contribution in [0.2, 0.25) is 0 Å². The molecule has 2 heteroatoms. The number of H-pyrrole nitrogens is 1. The maximum Gasteiger partial charge on any atom is 0.0459 e. The second-order valence-electron chi connectivity index (χ2n) is 2.98. The van der Waals surface area contributed by atoms with E-state index in [0.717, 1.165) is 0 Å². The minimum absolute atomic E-state index is 0.607. The van der Waals surface area contributed by atoms with E-state index in [4.69, 9.17) is 5.73 Å². The number of nitrogens with one attached hydrogen (secondary N) is 1. The highest BCUT2D eigenvalue weighted by Gasteiger charge is 2.04. The molecule has 2 aromatic rings. The SMILES string of the molecule is Cc1[nH]c2ccccc2c1CN. The maximum absolute atomic E-state index is 5.64. The number of aryl methyl sites for hydroxylation is 1. The molecular weight excluding hydrogens is 148 g/mol. The lowest BCUT2D eigenvalue weighted by Crippen LogP contribution is -1.96. The van der Waals surface area contributed by atoms with Crippen LogP contribution in [0.5, 0.6) is 0 Å². The molecule has 0 saturated heterocycles. The normalized spacial score (nSPS) is 10.8. The molecule has 3 N–H and O–H groups in total. The fourth-order valence-corrected chi connectivity index (χ4v) is 1.60. The van der Waals surface area contributed by atoms with Crippen LogP contribution in [0.3, 0.4) is 0 Å². The van der Waals surface area contributed by atoms with Gasteiger partial charge < -0.3 is 10.7 Å². The number of hydrogen-bond donors (Lipinski definition) is 2. The largest absolute Gasteiger partial charge is 0.358 e. The molecule has 0 fully saturated rings. The van der Waals surface area contributed by atoms with Gasteiger partial charge in [-0.05, 0) is 18.6 Å². The van der Waals surface area contributed by atoms with Gasteiger partial charge in [0.1, 0.15) is 0 Å². The van der Waals surface area contributed by atoms with Gasteiger partial charge in [0.15, 0.2) is 0 Å². The fourth-order valence-electron chi connectivity index (χ4n) is 1.60. The number of fused-ring (bicyclic) bond motifs is 1. The van der Waals surface area contributed by atoms with Gasteiger partial charge in [-0.1, -0.05) is 18.2 Å². The molecule has 0 spiro atoms. The quantitative estimate of drug-likeness (QED) is 0.657. The Kier molecular flexibility index (Phi) is 1.62. The molecule has 0 unspecified atom stereocenters. The zero-order valence-corrected chi connectivity index (χ0v) is 7.09. The van der Waals surface area contributed by atoms with E-state index in [-0.39, 0.29) is 0 Å². The van der Waals surface area contributed by atoms with E-state index in [1.54, 1.807) is 0 Å². The lowest BCUT2D eigenvalue weighted by Gasteiger charge is -1.93. The van der Waals surface area contributed by atoms with Crippen molar-refractivity contribution in [2.75, 3.05) is 0 Å². The Morgan fingerprint density at radius 3 is 2.83 bits per heavy atom. The topological polar surface area (TPSA) is 41.8 Å². The summed E-state index contributed by atoms with van der Waals surface area (Å²) in [6, 6.07) is 8.23. The van der Waals surface area contributed by atoms with Crippen LogP contribution in [0.1, 0.15) is 11.3 Å². The van der Waals surface area contributed by atoms with Crippen molar-refractivity contribution in [3.05, 3.63) is 35.5 Å². The molecular formula is C10H12N2. The van der Waals surface area contributed by atoms with Crippen molar-refractivity contribution in [1.82, 2.24) is 4.98 Å². The zero-order valence-electron chi connectivity index (χ0n) is 7.09. The Labute approximate surface area is 71.4 Å². The van der Waals surface area contributed by atoms with E-state index in [0.29, 0.717) is 6.54 Å². The molecule has 0 atom stereocenters. The summed E-state index contributed by atoms with van der Waals surface area (Å²) in [5.74, 6) is 0. The first-order valence-electron chi connectivity index (χ1n) is 4.09. The highest BCUT2D eigenvalue weighted by Crippen LogP contribution is 2.20.